The van der Waals surface area contributed by atoms with Crippen molar-refractivity contribution in [2.75, 3.05) is 7.11 Å². The van der Waals surface area contributed by atoms with Gasteiger partial charge < -0.3 is 4.84 Å². The van der Waals surface area contributed by atoms with Crippen LogP contribution in [0.3, 0.4) is 0 Å². The van der Waals surface area contributed by atoms with E-state index in [1.54, 1.807) is 12.1 Å². The monoisotopic (exact) mass is 219 g/mol. The third-order valence-electron chi connectivity index (χ3n) is 2.27. The molecule has 0 heterocycles. The first-order valence-corrected chi connectivity index (χ1v) is 5.49. The molecule has 0 amide bonds. The quantitative estimate of drug-likeness (QED) is 0.419. The number of carbonyl (C=O) groups excluding carboxylic acids is 1. The van der Waals surface area contributed by atoms with E-state index < -0.39 is 0 Å². The largest absolute Gasteiger partial charge is 0.399 e. The number of unbranched alkanes of at least 4 members (excludes halogenated alkanes) is 1. The van der Waals surface area contributed by atoms with Crippen molar-refractivity contribution in [2.45, 2.75) is 26.2 Å². The summed E-state index contributed by atoms with van der Waals surface area (Å²) in [6.07, 6.45) is 2.64. The highest BCUT2D eigenvalue weighted by Crippen LogP contribution is 2.07. The van der Waals surface area contributed by atoms with Crippen LogP contribution in [0, 0.1) is 0 Å². The lowest BCUT2D eigenvalue weighted by molar-refractivity contribution is 0.105. The fraction of sp³-hybridized carbons (Fsp3) is 0.385. The second-order valence-electron chi connectivity index (χ2n) is 3.52. The molecule has 0 atom stereocenters. The number of Topliss-reactive ketones (excluding diaryl/α,β-unsaturated/α-hetero) is 1. The lowest BCUT2D eigenvalue weighted by atomic mass is 10.0. The average molecular weight is 219 g/mol. The fourth-order valence-electron chi connectivity index (χ4n) is 1.41. The van der Waals surface area contributed by atoms with E-state index in [1.165, 1.54) is 7.11 Å². The minimum Gasteiger partial charge on any atom is -0.399 e. The molecule has 16 heavy (non-hydrogen) atoms. The predicted molar refractivity (Wildman–Crippen MR) is 64.7 cm³/mol. The highest BCUT2D eigenvalue weighted by atomic mass is 16.6. The zero-order valence-electron chi connectivity index (χ0n) is 9.77. The van der Waals surface area contributed by atoms with Gasteiger partial charge in [-0.3, -0.25) is 4.79 Å². The first kappa shape index (κ1) is 12.4. The summed E-state index contributed by atoms with van der Waals surface area (Å²) in [5.74, 6) is -0.0455. The van der Waals surface area contributed by atoms with Crippen LogP contribution in [-0.2, 0) is 4.84 Å². The van der Waals surface area contributed by atoms with Crippen molar-refractivity contribution in [3.8, 4) is 0 Å². The Morgan fingerprint density at radius 3 is 2.56 bits per heavy atom. The van der Waals surface area contributed by atoms with Crippen LogP contribution in [0.2, 0.25) is 0 Å². The zero-order chi connectivity index (χ0) is 11.8. The van der Waals surface area contributed by atoms with Gasteiger partial charge in [0.05, 0.1) is 0 Å². The number of hydrogen-bond acceptors (Lipinski definition) is 3. The van der Waals surface area contributed by atoms with E-state index in [0.29, 0.717) is 17.7 Å². The Balaban J connectivity index is 2.80. The molecule has 0 aliphatic rings. The molecule has 1 aromatic rings. The van der Waals surface area contributed by atoms with E-state index in [-0.39, 0.29) is 5.78 Å². The van der Waals surface area contributed by atoms with Crippen molar-refractivity contribution >= 4 is 11.5 Å². The molecule has 1 rings (SSSR count). The molecule has 0 aromatic heterocycles. The Morgan fingerprint density at radius 2 is 2.00 bits per heavy atom. The number of oxime groups is 1. The number of rotatable bonds is 6. The predicted octanol–water partition coefficient (Wildman–Crippen LogP) is 3.06. The molecule has 0 bridgehead atoms. The first-order chi connectivity index (χ1) is 7.79. The third-order valence-corrected chi connectivity index (χ3v) is 2.27. The maximum Gasteiger partial charge on any atom is 0.210 e. The summed E-state index contributed by atoms with van der Waals surface area (Å²) in [6, 6.07) is 9.16. The molecular formula is C13H17NO2. The maximum atomic E-state index is 12.0. The van der Waals surface area contributed by atoms with Crippen LogP contribution in [0.15, 0.2) is 35.5 Å². The molecule has 1 aromatic carbocycles. The number of nitrogens with zero attached hydrogens (tertiary/aromatic N) is 1. The number of hydrogen-bond donors (Lipinski definition) is 0. The second kappa shape index (κ2) is 6.77. The second-order valence-corrected chi connectivity index (χ2v) is 3.52. The Kier molecular flexibility index (Phi) is 5.26. The molecule has 3 heteroatoms. The van der Waals surface area contributed by atoms with Crippen molar-refractivity contribution in [1.82, 2.24) is 0 Å². The van der Waals surface area contributed by atoms with E-state index in [4.69, 9.17) is 4.84 Å². The van der Waals surface area contributed by atoms with Gasteiger partial charge in [0.1, 0.15) is 12.8 Å². The average Bonchev–Trinajstić information content (AvgIpc) is 2.35. The van der Waals surface area contributed by atoms with Gasteiger partial charge in [0.25, 0.3) is 0 Å². The molecule has 0 aliphatic carbocycles. The molecule has 0 spiro atoms. The van der Waals surface area contributed by atoms with Crippen molar-refractivity contribution < 1.29 is 9.63 Å². The minimum absolute atomic E-state index is 0.0455. The van der Waals surface area contributed by atoms with Crippen molar-refractivity contribution in [2.24, 2.45) is 5.16 Å². The Labute approximate surface area is 96.1 Å². The van der Waals surface area contributed by atoms with Crippen LogP contribution >= 0.6 is 0 Å². The van der Waals surface area contributed by atoms with Crippen LogP contribution in [0.1, 0.15) is 36.5 Å². The maximum absolute atomic E-state index is 12.0. The van der Waals surface area contributed by atoms with Gasteiger partial charge in [-0.05, 0) is 12.8 Å². The zero-order valence-corrected chi connectivity index (χ0v) is 9.77. The summed E-state index contributed by atoms with van der Waals surface area (Å²) in [4.78, 5) is 16.7. The molecule has 0 saturated carbocycles. The molecular weight excluding hydrogens is 202 g/mol. The lowest BCUT2D eigenvalue weighted by Gasteiger charge is -2.03. The van der Waals surface area contributed by atoms with Gasteiger partial charge in [0, 0.05) is 5.56 Å². The molecule has 86 valence electrons. The Bertz CT molecular complexity index is 357. The minimum atomic E-state index is -0.0455. The SMILES string of the molecule is CCCC/C(=N/OC)C(=O)c1ccccc1. The summed E-state index contributed by atoms with van der Waals surface area (Å²) in [7, 11) is 1.46. The summed E-state index contributed by atoms with van der Waals surface area (Å²) in [5, 5.41) is 3.81. The van der Waals surface area contributed by atoms with Gasteiger partial charge in [0.15, 0.2) is 0 Å². The van der Waals surface area contributed by atoms with Crippen LogP contribution in [0.4, 0.5) is 0 Å². The summed E-state index contributed by atoms with van der Waals surface area (Å²) in [5.41, 5.74) is 1.16. The molecule has 0 saturated heterocycles. The van der Waals surface area contributed by atoms with Gasteiger partial charge in [-0.15, -0.1) is 0 Å². The highest BCUT2D eigenvalue weighted by molar-refractivity contribution is 6.45. The normalized spacial score (nSPS) is 11.2. The molecule has 0 aliphatic heterocycles. The van der Waals surface area contributed by atoms with Crippen LogP contribution in [0.5, 0.6) is 0 Å². The van der Waals surface area contributed by atoms with Gasteiger partial charge >= 0.3 is 0 Å². The Morgan fingerprint density at radius 1 is 1.31 bits per heavy atom. The smallest absolute Gasteiger partial charge is 0.210 e. The molecule has 3 nitrogen and oxygen atoms in total. The molecule has 0 fully saturated rings. The van der Waals surface area contributed by atoms with Gasteiger partial charge in [-0.1, -0.05) is 48.8 Å². The number of benzene rings is 1. The summed E-state index contributed by atoms with van der Waals surface area (Å²) >= 11 is 0. The van der Waals surface area contributed by atoms with Crippen molar-refractivity contribution in [1.29, 1.82) is 0 Å². The van der Waals surface area contributed by atoms with Crippen molar-refractivity contribution in [3.63, 3.8) is 0 Å². The third kappa shape index (κ3) is 3.50. The van der Waals surface area contributed by atoms with Gasteiger partial charge in [-0.25, -0.2) is 0 Å². The molecule has 0 N–H and O–H groups in total. The van der Waals surface area contributed by atoms with E-state index in [2.05, 4.69) is 12.1 Å². The van der Waals surface area contributed by atoms with Gasteiger partial charge in [0.2, 0.25) is 5.78 Å². The number of ketones is 1. The standard InChI is InChI=1S/C13H17NO2/c1-3-4-10-12(14-16-2)13(15)11-8-6-5-7-9-11/h5-9H,3-4,10H2,1-2H3/b14-12-. The first-order valence-electron chi connectivity index (χ1n) is 5.49. The fourth-order valence-corrected chi connectivity index (χ4v) is 1.41. The molecule has 0 unspecified atom stereocenters. The van der Waals surface area contributed by atoms with E-state index in [0.717, 1.165) is 12.8 Å². The van der Waals surface area contributed by atoms with Crippen LogP contribution < -0.4 is 0 Å². The van der Waals surface area contributed by atoms with Crippen LogP contribution in [0.25, 0.3) is 0 Å². The number of carbonyl (C=O) groups is 1. The summed E-state index contributed by atoms with van der Waals surface area (Å²) < 4.78 is 0. The Hall–Kier alpha value is -1.64. The lowest BCUT2D eigenvalue weighted by Crippen LogP contribution is -2.14. The molecule has 0 radical (unpaired) electrons. The topological polar surface area (TPSA) is 38.7 Å². The van der Waals surface area contributed by atoms with E-state index in [9.17, 15) is 4.79 Å². The van der Waals surface area contributed by atoms with Crippen LogP contribution in [-0.4, -0.2) is 18.6 Å². The highest BCUT2D eigenvalue weighted by Gasteiger charge is 2.13. The van der Waals surface area contributed by atoms with E-state index >= 15 is 0 Å². The van der Waals surface area contributed by atoms with Crippen molar-refractivity contribution in [3.05, 3.63) is 35.9 Å². The summed E-state index contributed by atoms with van der Waals surface area (Å²) in [6.45, 7) is 2.08. The van der Waals surface area contributed by atoms with Gasteiger partial charge in [-0.2, -0.15) is 0 Å². The van der Waals surface area contributed by atoms with E-state index in [1.807, 2.05) is 18.2 Å².